The molecule has 0 saturated carbocycles. The second-order valence-corrected chi connectivity index (χ2v) is 4.26. The highest BCUT2D eigenvalue weighted by molar-refractivity contribution is 5.38. The van der Waals surface area contributed by atoms with E-state index in [0.717, 1.165) is 19.4 Å². The van der Waals surface area contributed by atoms with Gasteiger partial charge in [-0.15, -0.1) is 0 Å². The lowest BCUT2D eigenvalue weighted by molar-refractivity contribution is 0.387. The average Bonchev–Trinajstić information content (AvgIpc) is 2.28. The first-order valence-corrected chi connectivity index (χ1v) is 5.65. The molecule has 0 amide bonds. The van der Waals surface area contributed by atoms with Gasteiger partial charge >= 0.3 is 0 Å². The van der Waals surface area contributed by atoms with Crippen LogP contribution in [0.3, 0.4) is 0 Å². The molecule has 1 saturated heterocycles. The van der Waals surface area contributed by atoms with E-state index in [2.05, 4.69) is 27.5 Å². The summed E-state index contributed by atoms with van der Waals surface area (Å²) >= 11 is 0. The van der Waals surface area contributed by atoms with Crippen LogP contribution in [0, 0.1) is 12.7 Å². The molecule has 88 valence electrons. The van der Waals surface area contributed by atoms with Crippen LogP contribution in [-0.4, -0.2) is 28.6 Å². The van der Waals surface area contributed by atoms with Crippen LogP contribution in [0.25, 0.3) is 0 Å². The Bertz CT molecular complexity index is 369. The maximum atomic E-state index is 13.7. The van der Waals surface area contributed by atoms with E-state index in [-0.39, 0.29) is 11.9 Å². The van der Waals surface area contributed by atoms with Gasteiger partial charge in [-0.3, -0.25) is 0 Å². The van der Waals surface area contributed by atoms with Gasteiger partial charge in [-0.05, 0) is 33.2 Å². The van der Waals surface area contributed by atoms with Crippen LogP contribution in [0.5, 0.6) is 0 Å². The summed E-state index contributed by atoms with van der Waals surface area (Å²) in [5, 5.41) is 6.51. The van der Waals surface area contributed by atoms with Crippen molar-refractivity contribution in [3.8, 4) is 0 Å². The largest absolute Gasteiger partial charge is 0.363 e. The fourth-order valence-electron chi connectivity index (χ4n) is 1.98. The number of rotatable bonds is 2. The van der Waals surface area contributed by atoms with Gasteiger partial charge < -0.3 is 10.6 Å². The number of anilines is 1. The zero-order valence-electron chi connectivity index (χ0n) is 9.63. The molecule has 16 heavy (non-hydrogen) atoms. The standard InChI is InChI=1S/C11H17FN4/c1-7-9(4-3-5-13-7)16-11-10(12)8(2)14-6-15-11/h6-7,9,13H,3-5H2,1-2H3,(H,14,15,16). The Kier molecular flexibility index (Phi) is 3.33. The van der Waals surface area contributed by atoms with Crippen molar-refractivity contribution in [1.29, 1.82) is 0 Å². The number of hydrogen-bond acceptors (Lipinski definition) is 4. The Hall–Kier alpha value is -1.23. The molecule has 2 heterocycles. The van der Waals surface area contributed by atoms with Gasteiger partial charge in [0.1, 0.15) is 6.33 Å². The van der Waals surface area contributed by atoms with Gasteiger partial charge in [0.2, 0.25) is 0 Å². The van der Waals surface area contributed by atoms with Crippen LogP contribution in [0.15, 0.2) is 6.33 Å². The molecule has 0 aromatic carbocycles. The summed E-state index contributed by atoms with van der Waals surface area (Å²) in [6.45, 7) is 4.78. The van der Waals surface area contributed by atoms with E-state index in [1.165, 1.54) is 6.33 Å². The van der Waals surface area contributed by atoms with Crippen LogP contribution in [-0.2, 0) is 0 Å². The molecule has 2 N–H and O–H groups in total. The molecule has 2 rings (SSSR count). The third-order valence-electron chi connectivity index (χ3n) is 3.05. The second-order valence-electron chi connectivity index (χ2n) is 4.26. The Morgan fingerprint density at radius 3 is 3.06 bits per heavy atom. The fourth-order valence-corrected chi connectivity index (χ4v) is 1.98. The van der Waals surface area contributed by atoms with E-state index in [1.807, 2.05) is 0 Å². The van der Waals surface area contributed by atoms with E-state index < -0.39 is 0 Å². The van der Waals surface area contributed by atoms with Gasteiger partial charge in [-0.2, -0.15) is 0 Å². The lowest BCUT2D eigenvalue weighted by Crippen LogP contribution is -2.46. The molecule has 2 unspecified atom stereocenters. The zero-order valence-corrected chi connectivity index (χ0v) is 9.63. The van der Waals surface area contributed by atoms with Crippen LogP contribution in [0.4, 0.5) is 10.2 Å². The molecule has 2 atom stereocenters. The second kappa shape index (κ2) is 4.74. The minimum atomic E-state index is -0.347. The molecular formula is C11H17FN4. The summed E-state index contributed by atoms with van der Waals surface area (Å²) in [6.07, 6.45) is 3.53. The van der Waals surface area contributed by atoms with Crippen molar-refractivity contribution in [2.75, 3.05) is 11.9 Å². The lowest BCUT2D eigenvalue weighted by atomic mass is 10.00. The number of aryl methyl sites for hydroxylation is 1. The predicted octanol–water partition coefficient (Wildman–Crippen LogP) is 1.48. The lowest BCUT2D eigenvalue weighted by Gasteiger charge is -2.31. The average molecular weight is 224 g/mol. The van der Waals surface area contributed by atoms with Crippen LogP contribution < -0.4 is 10.6 Å². The van der Waals surface area contributed by atoms with Gasteiger partial charge in [-0.25, -0.2) is 14.4 Å². The van der Waals surface area contributed by atoms with Gasteiger partial charge in [0.15, 0.2) is 11.6 Å². The molecule has 1 fully saturated rings. The van der Waals surface area contributed by atoms with Gasteiger partial charge in [0.25, 0.3) is 0 Å². The Morgan fingerprint density at radius 1 is 1.50 bits per heavy atom. The third-order valence-corrected chi connectivity index (χ3v) is 3.05. The minimum Gasteiger partial charge on any atom is -0.363 e. The quantitative estimate of drug-likeness (QED) is 0.799. The smallest absolute Gasteiger partial charge is 0.186 e. The van der Waals surface area contributed by atoms with E-state index in [9.17, 15) is 4.39 Å². The highest BCUT2D eigenvalue weighted by Crippen LogP contribution is 2.17. The van der Waals surface area contributed by atoms with Crippen molar-refractivity contribution in [2.45, 2.75) is 38.8 Å². The molecule has 0 bridgehead atoms. The van der Waals surface area contributed by atoms with E-state index >= 15 is 0 Å². The van der Waals surface area contributed by atoms with Gasteiger partial charge in [-0.1, -0.05) is 0 Å². The van der Waals surface area contributed by atoms with Crippen LogP contribution in [0.1, 0.15) is 25.5 Å². The minimum absolute atomic E-state index is 0.234. The SMILES string of the molecule is Cc1ncnc(NC2CCCNC2C)c1F. The van der Waals surface area contributed by atoms with Crippen LogP contribution in [0.2, 0.25) is 0 Å². The summed E-state index contributed by atoms with van der Waals surface area (Å²) in [7, 11) is 0. The summed E-state index contributed by atoms with van der Waals surface area (Å²) in [4.78, 5) is 7.75. The van der Waals surface area contributed by atoms with Crippen molar-refractivity contribution in [2.24, 2.45) is 0 Å². The molecule has 1 aliphatic heterocycles. The highest BCUT2D eigenvalue weighted by Gasteiger charge is 2.22. The Morgan fingerprint density at radius 2 is 2.31 bits per heavy atom. The topological polar surface area (TPSA) is 49.8 Å². The first kappa shape index (κ1) is 11.3. The van der Waals surface area contributed by atoms with Crippen molar-refractivity contribution in [1.82, 2.24) is 15.3 Å². The summed E-state index contributed by atoms with van der Waals surface area (Å²) in [5.41, 5.74) is 0.383. The molecule has 1 aliphatic rings. The number of piperidine rings is 1. The molecule has 5 heteroatoms. The Labute approximate surface area is 94.7 Å². The van der Waals surface area contributed by atoms with Gasteiger partial charge in [0.05, 0.1) is 5.69 Å². The molecule has 0 radical (unpaired) electrons. The van der Waals surface area contributed by atoms with Crippen molar-refractivity contribution in [3.63, 3.8) is 0 Å². The van der Waals surface area contributed by atoms with Crippen molar-refractivity contribution in [3.05, 3.63) is 17.8 Å². The number of halogens is 1. The Balaban J connectivity index is 2.10. The molecular weight excluding hydrogens is 207 g/mol. The van der Waals surface area contributed by atoms with Crippen molar-refractivity contribution >= 4 is 5.82 Å². The summed E-state index contributed by atoms with van der Waals surface area (Å²) < 4.78 is 13.7. The number of aromatic nitrogens is 2. The van der Waals surface area contributed by atoms with Gasteiger partial charge in [0, 0.05) is 12.1 Å². The normalized spacial score (nSPS) is 25.4. The maximum Gasteiger partial charge on any atom is 0.186 e. The third kappa shape index (κ3) is 2.29. The van der Waals surface area contributed by atoms with E-state index in [4.69, 9.17) is 0 Å². The van der Waals surface area contributed by atoms with E-state index in [1.54, 1.807) is 6.92 Å². The van der Waals surface area contributed by atoms with Crippen LogP contribution >= 0.6 is 0 Å². The molecule has 4 nitrogen and oxygen atoms in total. The maximum absolute atomic E-state index is 13.7. The molecule has 0 aliphatic carbocycles. The first-order chi connectivity index (χ1) is 7.68. The zero-order chi connectivity index (χ0) is 11.5. The predicted molar refractivity (Wildman–Crippen MR) is 60.8 cm³/mol. The highest BCUT2D eigenvalue weighted by atomic mass is 19.1. The fraction of sp³-hybridized carbons (Fsp3) is 0.636. The summed E-state index contributed by atoms with van der Waals surface area (Å²) in [6, 6.07) is 0.570. The van der Waals surface area contributed by atoms with E-state index in [0.29, 0.717) is 17.6 Å². The summed E-state index contributed by atoms with van der Waals surface area (Å²) in [5.74, 6) is -0.0340. The molecule has 1 aromatic heterocycles. The number of nitrogens with zero attached hydrogens (tertiary/aromatic N) is 2. The number of hydrogen-bond donors (Lipinski definition) is 2. The monoisotopic (exact) mass is 224 g/mol. The number of nitrogens with one attached hydrogen (secondary N) is 2. The first-order valence-electron chi connectivity index (χ1n) is 5.65. The molecule has 0 spiro atoms. The van der Waals surface area contributed by atoms with Crippen molar-refractivity contribution < 1.29 is 4.39 Å². The molecule has 1 aromatic rings.